The number of nitrogens with two attached hydrogens (primary N) is 1. The lowest BCUT2D eigenvalue weighted by Gasteiger charge is -2.17. The molecular formula is C20H20N4O4. The Morgan fingerprint density at radius 1 is 0.929 bits per heavy atom. The molecule has 0 aliphatic carbocycles. The maximum atomic E-state index is 12.2. The molecule has 0 unspecified atom stereocenters. The van der Waals surface area contributed by atoms with Crippen LogP contribution in [0.3, 0.4) is 0 Å². The summed E-state index contributed by atoms with van der Waals surface area (Å²) >= 11 is 0. The average Bonchev–Trinajstić information content (AvgIpc) is 2.68. The zero-order valence-corrected chi connectivity index (χ0v) is 15.1. The molecule has 1 aromatic heterocycles. The second-order valence-corrected chi connectivity index (χ2v) is 6.37. The van der Waals surface area contributed by atoms with Gasteiger partial charge in [0.25, 0.3) is 11.8 Å². The van der Waals surface area contributed by atoms with E-state index in [0.29, 0.717) is 17.2 Å². The molecule has 28 heavy (non-hydrogen) atoms. The van der Waals surface area contributed by atoms with Crippen molar-refractivity contribution in [2.24, 2.45) is 0 Å². The van der Waals surface area contributed by atoms with Crippen molar-refractivity contribution in [3.05, 3.63) is 60.3 Å². The number of carbonyl (C=O) groups is 2. The summed E-state index contributed by atoms with van der Waals surface area (Å²) in [7, 11) is 0. The van der Waals surface area contributed by atoms with Crippen molar-refractivity contribution in [1.29, 1.82) is 0 Å². The molecule has 1 heterocycles. The summed E-state index contributed by atoms with van der Waals surface area (Å²) in [4.78, 5) is 28.3. The molecule has 3 aromatic rings. The van der Waals surface area contributed by atoms with Gasteiger partial charge in [0.2, 0.25) is 0 Å². The molecule has 8 heteroatoms. The van der Waals surface area contributed by atoms with Crippen LogP contribution >= 0.6 is 0 Å². The highest BCUT2D eigenvalue weighted by molar-refractivity contribution is 6.03. The van der Waals surface area contributed by atoms with Gasteiger partial charge in [0.1, 0.15) is 5.82 Å². The number of anilines is 3. The molecule has 0 bridgehead atoms. The van der Waals surface area contributed by atoms with Crippen molar-refractivity contribution in [2.45, 2.75) is 19.1 Å². The van der Waals surface area contributed by atoms with Crippen LogP contribution in [0, 0.1) is 6.92 Å². The average molecular weight is 380 g/mol. The summed E-state index contributed by atoms with van der Waals surface area (Å²) in [6, 6.07) is 13.5. The molecule has 0 spiro atoms. The molecular weight excluding hydrogens is 360 g/mol. The SMILES string of the molecule is Cc1ccc(NC(=O)[C@H](O)[C@@H](O)C(=O)Nc2ccc3c(N)nccc3c2)cc1. The largest absolute Gasteiger partial charge is 0.383 e. The van der Waals surface area contributed by atoms with Gasteiger partial charge in [0.05, 0.1) is 0 Å². The Labute approximate surface area is 161 Å². The van der Waals surface area contributed by atoms with Gasteiger partial charge in [-0.05, 0) is 48.7 Å². The van der Waals surface area contributed by atoms with E-state index in [1.54, 1.807) is 48.5 Å². The molecule has 8 nitrogen and oxygen atoms in total. The maximum Gasteiger partial charge on any atom is 0.256 e. The molecule has 3 rings (SSSR count). The van der Waals surface area contributed by atoms with Crippen LogP contribution in [0.2, 0.25) is 0 Å². The van der Waals surface area contributed by atoms with Gasteiger partial charge in [-0.1, -0.05) is 17.7 Å². The Kier molecular flexibility index (Phi) is 5.53. The Morgan fingerprint density at radius 2 is 1.50 bits per heavy atom. The van der Waals surface area contributed by atoms with Crippen LogP contribution in [-0.4, -0.2) is 39.2 Å². The number of fused-ring (bicyclic) bond motifs is 1. The van der Waals surface area contributed by atoms with Crippen LogP contribution < -0.4 is 16.4 Å². The van der Waals surface area contributed by atoms with E-state index in [4.69, 9.17) is 5.73 Å². The third-order valence-corrected chi connectivity index (χ3v) is 4.22. The minimum Gasteiger partial charge on any atom is -0.383 e. The third kappa shape index (κ3) is 4.25. The number of benzene rings is 2. The number of carbonyl (C=O) groups excluding carboxylic acids is 2. The van der Waals surface area contributed by atoms with E-state index < -0.39 is 24.0 Å². The van der Waals surface area contributed by atoms with E-state index in [2.05, 4.69) is 15.6 Å². The minimum absolute atomic E-state index is 0.360. The van der Waals surface area contributed by atoms with Crippen molar-refractivity contribution in [3.8, 4) is 0 Å². The highest BCUT2D eigenvalue weighted by atomic mass is 16.3. The lowest BCUT2D eigenvalue weighted by molar-refractivity contribution is -0.139. The number of rotatable bonds is 5. The van der Waals surface area contributed by atoms with Crippen LogP contribution in [0.25, 0.3) is 10.8 Å². The van der Waals surface area contributed by atoms with Crippen molar-refractivity contribution < 1.29 is 19.8 Å². The molecule has 144 valence electrons. The number of nitrogen functional groups attached to an aromatic ring is 1. The van der Waals surface area contributed by atoms with Gasteiger partial charge in [0.15, 0.2) is 12.2 Å². The molecule has 6 N–H and O–H groups in total. The normalized spacial score (nSPS) is 13.0. The number of hydrogen-bond donors (Lipinski definition) is 5. The molecule has 0 fully saturated rings. The number of nitrogens with one attached hydrogen (secondary N) is 2. The molecule has 0 aliphatic heterocycles. The molecule has 0 saturated heterocycles. The molecule has 0 radical (unpaired) electrons. The van der Waals surface area contributed by atoms with Gasteiger partial charge in [-0.25, -0.2) is 4.98 Å². The van der Waals surface area contributed by atoms with E-state index in [1.165, 1.54) is 6.20 Å². The Hall–Kier alpha value is -3.49. The number of aromatic nitrogens is 1. The van der Waals surface area contributed by atoms with Crippen molar-refractivity contribution in [2.75, 3.05) is 16.4 Å². The zero-order chi connectivity index (χ0) is 20.3. The minimum atomic E-state index is -1.94. The Bertz CT molecular complexity index is 1020. The van der Waals surface area contributed by atoms with E-state index in [9.17, 15) is 19.8 Å². The smallest absolute Gasteiger partial charge is 0.256 e. The number of amides is 2. The second kappa shape index (κ2) is 8.03. The molecule has 2 aromatic carbocycles. The first-order chi connectivity index (χ1) is 13.3. The number of nitrogens with zero attached hydrogens (tertiary/aromatic N) is 1. The zero-order valence-electron chi connectivity index (χ0n) is 15.1. The first-order valence-corrected chi connectivity index (χ1v) is 8.54. The summed E-state index contributed by atoms with van der Waals surface area (Å²) in [5.74, 6) is -1.43. The summed E-state index contributed by atoms with van der Waals surface area (Å²) in [6.45, 7) is 1.90. The van der Waals surface area contributed by atoms with Gasteiger partial charge < -0.3 is 26.6 Å². The lowest BCUT2D eigenvalue weighted by atomic mass is 10.1. The second-order valence-electron chi connectivity index (χ2n) is 6.37. The van der Waals surface area contributed by atoms with E-state index >= 15 is 0 Å². The van der Waals surface area contributed by atoms with Crippen molar-refractivity contribution >= 4 is 39.8 Å². The molecule has 0 aliphatic rings. The van der Waals surface area contributed by atoms with Crippen LogP contribution in [0.1, 0.15) is 5.56 Å². The first-order valence-electron chi connectivity index (χ1n) is 8.54. The fourth-order valence-electron chi connectivity index (χ4n) is 2.64. The highest BCUT2D eigenvalue weighted by Gasteiger charge is 2.30. The van der Waals surface area contributed by atoms with E-state index in [-0.39, 0.29) is 0 Å². The summed E-state index contributed by atoms with van der Waals surface area (Å²) in [6.07, 6.45) is -2.33. The van der Waals surface area contributed by atoms with Crippen molar-refractivity contribution in [3.63, 3.8) is 0 Å². The van der Waals surface area contributed by atoms with Gasteiger partial charge in [0, 0.05) is 23.0 Å². The number of pyridine rings is 1. The maximum absolute atomic E-state index is 12.2. The van der Waals surface area contributed by atoms with Crippen LogP contribution in [-0.2, 0) is 9.59 Å². The fourth-order valence-corrected chi connectivity index (χ4v) is 2.64. The quantitative estimate of drug-likeness (QED) is 0.454. The Morgan fingerprint density at radius 3 is 2.14 bits per heavy atom. The molecule has 0 saturated carbocycles. The van der Waals surface area contributed by atoms with Crippen molar-refractivity contribution in [1.82, 2.24) is 4.98 Å². The lowest BCUT2D eigenvalue weighted by Crippen LogP contribution is -2.45. The summed E-state index contributed by atoms with van der Waals surface area (Å²) < 4.78 is 0. The van der Waals surface area contributed by atoms with Gasteiger partial charge in [-0.3, -0.25) is 9.59 Å². The van der Waals surface area contributed by atoms with Gasteiger partial charge in [-0.15, -0.1) is 0 Å². The number of aliphatic hydroxyl groups is 2. The number of aryl methyl sites for hydroxylation is 1. The van der Waals surface area contributed by atoms with E-state index in [1.807, 2.05) is 6.92 Å². The number of hydrogen-bond acceptors (Lipinski definition) is 6. The van der Waals surface area contributed by atoms with E-state index in [0.717, 1.165) is 16.3 Å². The summed E-state index contributed by atoms with van der Waals surface area (Å²) in [5, 5.41) is 26.4. The standard InChI is InChI=1S/C20H20N4O4/c1-11-2-4-13(5-3-11)23-19(27)16(25)17(26)20(28)24-14-6-7-15-12(10-14)8-9-22-18(15)21/h2-10,16-17,25-26H,1H3,(H2,21,22)(H,23,27)(H,24,28)/t16-,17-/m1/s1. The predicted molar refractivity (Wildman–Crippen MR) is 107 cm³/mol. The van der Waals surface area contributed by atoms with Crippen LogP contribution in [0.5, 0.6) is 0 Å². The van der Waals surface area contributed by atoms with Gasteiger partial charge in [-0.2, -0.15) is 0 Å². The third-order valence-electron chi connectivity index (χ3n) is 4.22. The summed E-state index contributed by atoms with van der Waals surface area (Å²) in [5.41, 5.74) is 7.62. The van der Waals surface area contributed by atoms with Crippen LogP contribution in [0.15, 0.2) is 54.7 Å². The molecule has 2 atom stereocenters. The van der Waals surface area contributed by atoms with Crippen LogP contribution in [0.4, 0.5) is 17.2 Å². The monoisotopic (exact) mass is 380 g/mol. The topological polar surface area (TPSA) is 138 Å². The fraction of sp³-hybridized carbons (Fsp3) is 0.150. The highest BCUT2D eigenvalue weighted by Crippen LogP contribution is 2.22. The Balaban J connectivity index is 1.66. The van der Waals surface area contributed by atoms with Gasteiger partial charge >= 0.3 is 0 Å². The molecule has 2 amide bonds. The predicted octanol–water partition coefficient (Wildman–Crippen LogP) is 1.42. The first kappa shape index (κ1) is 19.3. The number of aliphatic hydroxyl groups excluding tert-OH is 2.